The summed E-state index contributed by atoms with van der Waals surface area (Å²) in [5, 5.41) is 3.09. The van der Waals surface area contributed by atoms with Crippen LogP contribution in [0.25, 0.3) is 0 Å². The van der Waals surface area contributed by atoms with E-state index in [2.05, 4.69) is 10.3 Å². The van der Waals surface area contributed by atoms with Crippen molar-refractivity contribution >= 4 is 33.2 Å². The highest BCUT2D eigenvalue weighted by Gasteiger charge is 2.28. The number of carbonyl (C=O) groups excluding carboxylic acids is 1. The summed E-state index contributed by atoms with van der Waals surface area (Å²) in [4.78, 5) is 17.8. The number of carbonyl (C=O) groups is 1. The molecule has 172 valence electrons. The zero-order valence-electron chi connectivity index (χ0n) is 18.2. The normalized spacial score (nSPS) is 20.4. The Morgan fingerprint density at radius 3 is 2.56 bits per heavy atom. The Morgan fingerprint density at radius 1 is 1.19 bits per heavy atom. The SMILES string of the molecule is CS(=O)(=O)c1ccc([C@@H](CC2CCCC2)C(=O)Nc2ccc(C3CCCO3)cn2)cc1Cl. The van der Waals surface area contributed by atoms with Crippen molar-refractivity contribution in [3.63, 3.8) is 0 Å². The molecule has 2 atom stereocenters. The van der Waals surface area contributed by atoms with Crippen molar-refractivity contribution in [2.24, 2.45) is 5.92 Å². The van der Waals surface area contributed by atoms with Crippen LogP contribution in [0.4, 0.5) is 5.82 Å². The van der Waals surface area contributed by atoms with Crippen molar-refractivity contribution in [3.8, 4) is 0 Å². The van der Waals surface area contributed by atoms with Crippen molar-refractivity contribution in [2.75, 3.05) is 18.2 Å². The first-order valence-electron chi connectivity index (χ1n) is 11.2. The van der Waals surface area contributed by atoms with Crippen LogP contribution in [0, 0.1) is 5.92 Å². The van der Waals surface area contributed by atoms with Crippen LogP contribution in [0.2, 0.25) is 5.02 Å². The average Bonchev–Trinajstić information content (AvgIpc) is 3.46. The molecule has 2 aliphatic rings. The quantitative estimate of drug-likeness (QED) is 0.586. The van der Waals surface area contributed by atoms with Crippen LogP contribution >= 0.6 is 11.6 Å². The summed E-state index contributed by atoms with van der Waals surface area (Å²) >= 11 is 6.28. The number of hydrogen-bond acceptors (Lipinski definition) is 5. The highest BCUT2D eigenvalue weighted by molar-refractivity contribution is 7.90. The molecule has 1 N–H and O–H groups in total. The Balaban J connectivity index is 1.54. The standard InChI is InChI=1S/C24H29ClN2O4S/c1-32(29,30)22-10-8-17(14-20(22)25)19(13-16-5-2-3-6-16)24(28)27-23-11-9-18(15-26-23)21-7-4-12-31-21/h8-11,14-16,19,21H,2-7,12-13H2,1H3,(H,26,27,28)/t19-,21?/m1/s1. The first-order chi connectivity index (χ1) is 15.3. The molecule has 8 heteroatoms. The summed E-state index contributed by atoms with van der Waals surface area (Å²) in [6.45, 7) is 0.771. The van der Waals surface area contributed by atoms with Gasteiger partial charge in [0, 0.05) is 19.1 Å². The Hall–Kier alpha value is -1.96. The Bertz CT molecular complexity index is 1060. The second kappa shape index (κ2) is 9.89. The lowest BCUT2D eigenvalue weighted by atomic mass is 9.87. The van der Waals surface area contributed by atoms with Gasteiger partial charge in [-0.05, 0) is 54.5 Å². The number of aromatic nitrogens is 1. The number of sulfone groups is 1. The smallest absolute Gasteiger partial charge is 0.233 e. The number of benzene rings is 1. The van der Waals surface area contributed by atoms with Gasteiger partial charge in [-0.2, -0.15) is 0 Å². The maximum absolute atomic E-state index is 13.3. The molecule has 1 aliphatic carbocycles. The van der Waals surface area contributed by atoms with E-state index < -0.39 is 15.8 Å². The Kier molecular flexibility index (Phi) is 7.17. The van der Waals surface area contributed by atoms with Gasteiger partial charge in [0.05, 0.1) is 21.9 Å². The summed E-state index contributed by atoms with van der Waals surface area (Å²) in [5.74, 6) is 0.377. The van der Waals surface area contributed by atoms with Gasteiger partial charge in [0.2, 0.25) is 5.91 Å². The summed E-state index contributed by atoms with van der Waals surface area (Å²) in [7, 11) is -3.43. The van der Waals surface area contributed by atoms with Crippen molar-refractivity contribution in [1.29, 1.82) is 0 Å². The summed E-state index contributed by atoms with van der Waals surface area (Å²) in [6, 6.07) is 8.57. The molecule has 0 spiro atoms. The molecule has 1 aromatic heterocycles. The zero-order chi connectivity index (χ0) is 22.7. The third-order valence-electron chi connectivity index (χ3n) is 6.46. The molecule has 1 saturated carbocycles. The molecule has 2 fully saturated rings. The zero-order valence-corrected chi connectivity index (χ0v) is 19.8. The van der Waals surface area contributed by atoms with E-state index in [1.807, 2.05) is 6.07 Å². The highest BCUT2D eigenvalue weighted by Crippen LogP contribution is 2.36. The molecule has 1 aromatic carbocycles. The summed E-state index contributed by atoms with van der Waals surface area (Å²) < 4.78 is 29.6. The first-order valence-corrected chi connectivity index (χ1v) is 13.5. The third-order valence-corrected chi connectivity index (χ3v) is 8.04. The van der Waals surface area contributed by atoms with Gasteiger partial charge in [0.15, 0.2) is 9.84 Å². The molecule has 32 heavy (non-hydrogen) atoms. The molecular formula is C24H29ClN2O4S. The maximum Gasteiger partial charge on any atom is 0.233 e. The summed E-state index contributed by atoms with van der Waals surface area (Å²) in [6.07, 6.45) is 10.3. The minimum atomic E-state index is -3.43. The number of halogens is 1. The van der Waals surface area contributed by atoms with E-state index in [4.69, 9.17) is 16.3 Å². The predicted molar refractivity (Wildman–Crippen MR) is 125 cm³/mol. The monoisotopic (exact) mass is 476 g/mol. The Morgan fingerprint density at radius 2 is 1.97 bits per heavy atom. The lowest BCUT2D eigenvalue weighted by molar-refractivity contribution is -0.118. The van der Waals surface area contributed by atoms with Crippen LogP contribution in [0.5, 0.6) is 0 Å². The minimum absolute atomic E-state index is 0.0781. The van der Waals surface area contributed by atoms with Gasteiger partial charge >= 0.3 is 0 Å². The second-order valence-corrected chi connectivity index (χ2v) is 11.3. The minimum Gasteiger partial charge on any atom is -0.373 e. The largest absolute Gasteiger partial charge is 0.373 e. The van der Waals surface area contributed by atoms with Gasteiger partial charge in [0.25, 0.3) is 0 Å². The van der Waals surface area contributed by atoms with Crippen molar-refractivity contribution in [1.82, 2.24) is 4.98 Å². The lowest BCUT2D eigenvalue weighted by Crippen LogP contribution is -2.24. The molecule has 1 aliphatic heterocycles. The fourth-order valence-electron chi connectivity index (χ4n) is 4.73. The van der Waals surface area contributed by atoms with Crippen LogP contribution in [0.3, 0.4) is 0 Å². The van der Waals surface area contributed by atoms with Gasteiger partial charge in [-0.15, -0.1) is 0 Å². The van der Waals surface area contributed by atoms with Gasteiger partial charge < -0.3 is 10.1 Å². The molecule has 4 rings (SSSR count). The number of nitrogens with zero attached hydrogens (tertiary/aromatic N) is 1. The average molecular weight is 477 g/mol. The van der Waals surface area contributed by atoms with E-state index in [0.29, 0.717) is 18.2 Å². The van der Waals surface area contributed by atoms with E-state index >= 15 is 0 Å². The molecule has 6 nitrogen and oxygen atoms in total. The van der Waals surface area contributed by atoms with E-state index in [1.54, 1.807) is 24.4 Å². The van der Waals surface area contributed by atoms with Crippen LogP contribution in [-0.2, 0) is 19.4 Å². The maximum atomic E-state index is 13.3. The predicted octanol–water partition coefficient (Wildman–Crippen LogP) is 5.29. The molecule has 2 heterocycles. The van der Waals surface area contributed by atoms with E-state index in [1.165, 1.54) is 18.9 Å². The number of amides is 1. The highest BCUT2D eigenvalue weighted by atomic mass is 35.5. The molecule has 1 unspecified atom stereocenters. The van der Waals surface area contributed by atoms with E-state index in [-0.39, 0.29) is 21.9 Å². The molecule has 0 bridgehead atoms. The van der Waals surface area contributed by atoms with Crippen LogP contribution in [0.15, 0.2) is 41.4 Å². The van der Waals surface area contributed by atoms with Crippen molar-refractivity contribution in [2.45, 2.75) is 61.9 Å². The third kappa shape index (κ3) is 5.50. The second-order valence-electron chi connectivity index (χ2n) is 8.87. The number of hydrogen-bond donors (Lipinski definition) is 1. The first kappa shape index (κ1) is 23.2. The van der Waals surface area contributed by atoms with Crippen LogP contribution in [0.1, 0.15) is 68.1 Å². The van der Waals surface area contributed by atoms with Crippen molar-refractivity contribution < 1.29 is 17.9 Å². The number of pyridine rings is 1. The van der Waals surface area contributed by atoms with Gasteiger partial charge in [0.1, 0.15) is 5.82 Å². The molecule has 2 aromatic rings. The fourth-order valence-corrected chi connectivity index (χ4v) is 6.07. The van der Waals surface area contributed by atoms with Crippen LogP contribution in [-0.4, -0.2) is 32.2 Å². The van der Waals surface area contributed by atoms with Crippen molar-refractivity contribution in [3.05, 3.63) is 52.7 Å². The lowest BCUT2D eigenvalue weighted by Gasteiger charge is -2.21. The number of rotatable bonds is 7. The molecule has 0 radical (unpaired) electrons. The fraction of sp³-hybridized carbons (Fsp3) is 0.500. The number of anilines is 1. The number of nitrogens with one attached hydrogen (secondary N) is 1. The van der Waals surface area contributed by atoms with Gasteiger partial charge in [-0.3, -0.25) is 4.79 Å². The number of ether oxygens (including phenoxy) is 1. The van der Waals surface area contributed by atoms with Gasteiger partial charge in [-0.25, -0.2) is 13.4 Å². The Labute approximate surface area is 194 Å². The molecule has 1 amide bonds. The van der Waals surface area contributed by atoms with E-state index in [0.717, 1.165) is 49.7 Å². The summed E-state index contributed by atoms with van der Waals surface area (Å²) in [5.41, 5.74) is 1.74. The topological polar surface area (TPSA) is 85.4 Å². The molecule has 1 saturated heterocycles. The van der Waals surface area contributed by atoms with Crippen LogP contribution < -0.4 is 5.32 Å². The van der Waals surface area contributed by atoms with E-state index in [9.17, 15) is 13.2 Å². The molecular weight excluding hydrogens is 448 g/mol. The van der Waals surface area contributed by atoms with Gasteiger partial charge in [-0.1, -0.05) is 49.4 Å².